The van der Waals surface area contributed by atoms with Crippen molar-refractivity contribution >= 4 is 12.2 Å². The molecule has 0 aliphatic carbocycles. The van der Waals surface area contributed by atoms with E-state index in [0.717, 1.165) is 59.3 Å². The minimum atomic E-state index is -0.362. The lowest BCUT2D eigenvalue weighted by molar-refractivity contribution is 0.0821. The third-order valence-electron chi connectivity index (χ3n) is 12.4. The normalized spacial score (nSPS) is 18.0. The molecule has 6 heterocycles. The molecule has 10 rings (SSSR count). The van der Waals surface area contributed by atoms with Crippen LogP contribution in [0.4, 0.5) is 18.4 Å². The molecule has 0 saturated carbocycles. The van der Waals surface area contributed by atoms with Gasteiger partial charge in [-0.3, -0.25) is 0 Å². The van der Waals surface area contributed by atoms with E-state index in [4.69, 9.17) is 19.7 Å². The fraction of sp³-hybridized carbons (Fsp3) is 0.231. The van der Waals surface area contributed by atoms with Crippen LogP contribution >= 0.6 is 0 Å². The molecule has 2 amide bonds. The largest absolute Gasteiger partial charge is 0.453 e. The summed E-state index contributed by atoms with van der Waals surface area (Å²) in [5.74, 6) is 0.265. The van der Waals surface area contributed by atoms with Gasteiger partial charge in [-0.15, -0.1) is 0 Å². The number of methoxy groups -OCH3 is 2. The van der Waals surface area contributed by atoms with E-state index in [0.29, 0.717) is 36.4 Å². The van der Waals surface area contributed by atoms with Crippen molar-refractivity contribution in [1.82, 2.24) is 49.3 Å². The number of benzene rings is 4. The second kappa shape index (κ2) is 20.6. The van der Waals surface area contributed by atoms with Crippen LogP contribution < -0.4 is 0 Å². The fourth-order valence-electron chi connectivity index (χ4n) is 9.12. The average molecular weight is 915 g/mol. The number of nitrogens with zero attached hydrogens (tertiary/aromatic N) is 10. The minimum Gasteiger partial charge on any atom is -0.453 e. The molecule has 0 N–H and O–H groups in total. The maximum absolute atomic E-state index is 13.5. The highest BCUT2D eigenvalue weighted by Gasteiger charge is 2.37. The smallest absolute Gasteiger partial charge is 0.410 e. The maximum atomic E-state index is 13.5. The van der Waals surface area contributed by atoms with E-state index in [9.17, 15) is 18.4 Å². The van der Waals surface area contributed by atoms with Gasteiger partial charge in [-0.2, -0.15) is 10.2 Å². The number of hydrogen-bond donors (Lipinski definition) is 0. The molecule has 68 heavy (non-hydrogen) atoms. The van der Waals surface area contributed by atoms with Crippen LogP contribution in [0.2, 0.25) is 0 Å². The van der Waals surface area contributed by atoms with Gasteiger partial charge in [0, 0.05) is 60.8 Å². The van der Waals surface area contributed by atoms with E-state index in [2.05, 4.69) is 19.9 Å². The summed E-state index contributed by atoms with van der Waals surface area (Å²) in [5.41, 5.74) is 6.92. The molecule has 2 fully saturated rings. The van der Waals surface area contributed by atoms with Crippen molar-refractivity contribution in [3.8, 4) is 34.4 Å². The Morgan fingerprint density at radius 3 is 1.22 bits per heavy atom. The third-order valence-corrected chi connectivity index (χ3v) is 12.4. The topological polar surface area (TPSA) is 146 Å². The van der Waals surface area contributed by atoms with E-state index in [1.807, 2.05) is 72.8 Å². The first-order valence-corrected chi connectivity index (χ1v) is 22.3. The molecule has 2 aliphatic rings. The first-order valence-electron chi connectivity index (χ1n) is 22.3. The lowest BCUT2D eigenvalue weighted by Gasteiger charge is -2.39. The minimum absolute atomic E-state index is 0.00966. The first-order chi connectivity index (χ1) is 33.3. The monoisotopic (exact) mass is 914 g/mol. The Balaban J connectivity index is 0.000000170. The Labute approximate surface area is 391 Å². The standard InChI is InChI=1S/2C26H24FN5O2/c2*1-34-26(33)31-17-20(10-13-23(31)19-6-3-2-4-7-19)24-16-22(18-8-11-21(27)12-9-18)30-32(24)25-28-14-5-15-29-25/h2*2-9,11-12,14-16,20,23H,10,13,17H2,1H3/t2*20-,23+/m10/s1. The lowest BCUT2D eigenvalue weighted by atomic mass is 9.87. The van der Waals surface area contributed by atoms with Crippen molar-refractivity contribution in [1.29, 1.82) is 0 Å². The van der Waals surface area contributed by atoms with Gasteiger partial charge in [0.1, 0.15) is 11.6 Å². The molecule has 0 bridgehead atoms. The number of halogens is 2. The van der Waals surface area contributed by atoms with E-state index >= 15 is 0 Å². The summed E-state index contributed by atoms with van der Waals surface area (Å²) in [7, 11) is 2.81. The van der Waals surface area contributed by atoms with Crippen molar-refractivity contribution in [2.75, 3.05) is 27.3 Å². The quantitative estimate of drug-likeness (QED) is 0.144. The molecule has 16 heteroatoms. The first kappa shape index (κ1) is 45.0. The molecule has 4 atom stereocenters. The van der Waals surface area contributed by atoms with E-state index in [1.54, 1.807) is 80.3 Å². The summed E-state index contributed by atoms with van der Waals surface area (Å²) in [4.78, 5) is 46.6. The average Bonchev–Trinajstić information content (AvgIpc) is 4.06. The maximum Gasteiger partial charge on any atom is 0.410 e. The van der Waals surface area contributed by atoms with Crippen molar-refractivity contribution in [3.63, 3.8) is 0 Å². The van der Waals surface area contributed by atoms with Crippen LogP contribution in [0.1, 0.15) is 72.1 Å². The van der Waals surface area contributed by atoms with Gasteiger partial charge in [0.05, 0.1) is 49.1 Å². The molecular formula is C52H48F2N10O4. The number of aromatic nitrogens is 8. The molecule has 0 unspecified atom stereocenters. The van der Waals surface area contributed by atoms with Crippen LogP contribution in [0.3, 0.4) is 0 Å². The van der Waals surface area contributed by atoms with Gasteiger partial charge >= 0.3 is 12.2 Å². The van der Waals surface area contributed by atoms with E-state index in [-0.39, 0.29) is 47.7 Å². The summed E-state index contributed by atoms with van der Waals surface area (Å²) in [6.45, 7) is 0.932. The predicted octanol–water partition coefficient (Wildman–Crippen LogP) is 10.3. The Bertz CT molecular complexity index is 2720. The van der Waals surface area contributed by atoms with E-state index in [1.165, 1.54) is 38.5 Å². The summed E-state index contributed by atoms with van der Waals surface area (Å²) in [6.07, 6.45) is 9.17. The van der Waals surface area contributed by atoms with Gasteiger partial charge in [0.2, 0.25) is 0 Å². The van der Waals surface area contributed by atoms with Gasteiger partial charge < -0.3 is 19.3 Å². The molecule has 0 spiro atoms. The molecule has 2 saturated heterocycles. The van der Waals surface area contributed by atoms with Crippen LogP contribution in [-0.4, -0.2) is 88.8 Å². The summed E-state index contributed by atoms with van der Waals surface area (Å²) in [5, 5.41) is 9.51. The zero-order valence-electron chi connectivity index (χ0n) is 37.4. The Kier molecular flexibility index (Phi) is 13.6. The second-order valence-corrected chi connectivity index (χ2v) is 16.5. The zero-order valence-corrected chi connectivity index (χ0v) is 37.4. The molecule has 2 aliphatic heterocycles. The molecule has 4 aromatic carbocycles. The summed E-state index contributed by atoms with van der Waals surface area (Å²) in [6, 6.07) is 39.8. The van der Waals surface area contributed by atoms with Gasteiger partial charge in [-0.05, 0) is 110 Å². The Morgan fingerprint density at radius 1 is 0.500 bits per heavy atom. The van der Waals surface area contributed by atoms with Gasteiger partial charge in [0.15, 0.2) is 0 Å². The second-order valence-electron chi connectivity index (χ2n) is 16.5. The van der Waals surface area contributed by atoms with Crippen molar-refractivity contribution in [3.05, 3.63) is 192 Å². The summed E-state index contributed by atoms with van der Waals surface area (Å²) < 4.78 is 40.7. The fourth-order valence-corrected chi connectivity index (χ4v) is 9.12. The SMILES string of the molecule is COC(=O)N1C[C@@H](c2cc(-c3ccc(F)cc3)nn2-c2ncccn2)CC[C@@H]1c1ccccc1.COC(=O)N1C[C@H](c2cc(-c3ccc(F)cc3)nn2-c2ncccn2)CC[C@H]1c1ccccc1. The van der Waals surface area contributed by atoms with Crippen molar-refractivity contribution in [2.45, 2.75) is 49.6 Å². The lowest BCUT2D eigenvalue weighted by Crippen LogP contribution is -2.41. The van der Waals surface area contributed by atoms with Crippen molar-refractivity contribution < 1.29 is 27.8 Å². The number of ether oxygens (including phenoxy) is 2. The predicted molar refractivity (Wildman–Crippen MR) is 250 cm³/mol. The van der Waals surface area contributed by atoms with Crippen LogP contribution in [-0.2, 0) is 9.47 Å². The number of carbonyl (C=O) groups excluding carboxylic acids is 2. The van der Waals surface area contributed by atoms with Gasteiger partial charge in [-0.1, -0.05) is 60.7 Å². The number of piperidine rings is 2. The Morgan fingerprint density at radius 2 is 0.868 bits per heavy atom. The van der Waals surface area contributed by atoms with Crippen LogP contribution in [0.5, 0.6) is 0 Å². The third kappa shape index (κ3) is 9.84. The molecule has 4 aromatic heterocycles. The number of likely N-dealkylation sites (tertiary alicyclic amines) is 2. The van der Waals surface area contributed by atoms with Gasteiger partial charge in [-0.25, -0.2) is 47.7 Å². The van der Waals surface area contributed by atoms with E-state index < -0.39 is 0 Å². The molecule has 14 nitrogen and oxygen atoms in total. The Hall–Kier alpha value is -8.14. The van der Waals surface area contributed by atoms with Crippen LogP contribution in [0.25, 0.3) is 34.4 Å². The highest BCUT2D eigenvalue weighted by molar-refractivity contribution is 5.69. The highest BCUT2D eigenvalue weighted by atomic mass is 19.1. The molecule has 344 valence electrons. The molecular weight excluding hydrogens is 867 g/mol. The van der Waals surface area contributed by atoms with Gasteiger partial charge in [0.25, 0.3) is 11.9 Å². The number of rotatable bonds is 8. The molecule has 0 radical (unpaired) electrons. The van der Waals surface area contributed by atoms with Crippen LogP contribution in [0.15, 0.2) is 158 Å². The summed E-state index contributed by atoms with van der Waals surface area (Å²) >= 11 is 0. The molecule has 8 aromatic rings. The number of amides is 2. The zero-order chi connectivity index (χ0) is 47.0. The highest BCUT2D eigenvalue weighted by Crippen LogP contribution is 2.41. The van der Waals surface area contributed by atoms with Crippen LogP contribution in [0, 0.1) is 11.6 Å². The van der Waals surface area contributed by atoms with Crippen molar-refractivity contribution in [2.24, 2.45) is 0 Å². The number of carbonyl (C=O) groups is 2. The number of hydrogen-bond acceptors (Lipinski definition) is 10.